The Kier molecular flexibility index (Phi) is 40.3. The standard InChI is InChI=1S/C22H36N2O3.C20H31IN2O2.C20H31N3O4.C20H32N2O2/c1-16(2)27-21(20(23)15-17-8-5-4-6-9-17)22(25)24-13-12-18-10-7-11-19(14-18)26-3;1-13(2)25-19(17(22)12-15-7-5-4-6-8-15)20(24)23-18-10-9-16(21)11-14(18)3;1-13(2)27-19(17(21)11-15-7-5-4-6-8-15)20(24)22-18-12-16(23(25)26)10-9-14(18)3;1-14(2)24-19(17(21)13-16-10-5-4-6-11-16)20(23)22-18-12-8-7-9-15(18)3/h7,10-11,14,16-17,20-21H,4-6,8-9,12-13,15,23H2,1-3H3,(H,24,25);9-11,13,15,17,19H,4-8,12,22H2,1-3H3,(H,23,24);9-10,12-13,15,17,19H,4-8,11,21H2,1-3H3,(H,22,24);7-9,12,14,16-17,19H,4-6,10-11,13,21H2,1-3H3,(H,22,23)/t20-,21?;3*17-,19?/m1111/s1. The number of hydrogen-bond acceptors (Lipinski definition) is 15. The molecule has 20 nitrogen and oxygen atoms in total. The quantitative estimate of drug-likeness (QED) is 0.0128. The average Bonchev–Trinajstić information content (AvgIpc) is 0.851. The van der Waals surface area contributed by atoms with E-state index in [4.69, 9.17) is 46.6 Å². The van der Waals surface area contributed by atoms with Crippen LogP contribution in [0.2, 0.25) is 0 Å². The summed E-state index contributed by atoms with van der Waals surface area (Å²) in [6, 6.07) is 24.9. The Bertz CT molecular complexity index is 3150. The molecule has 0 spiro atoms. The Labute approximate surface area is 630 Å². The number of methoxy groups -OCH3 is 1. The highest BCUT2D eigenvalue weighted by Gasteiger charge is 2.35. The van der Waals surface area contributed by atoms with Gasteiger partial charge in [0.2, 0.25) is 0 Å². The van der Waals surface area contributed by atoms with E-state index in [1.807, 2.05) is 130 Å². The lowest BCUT2D eigenvalue weighted by atomic mass is 9.84. The number of hydrogen-bond donors (Lipinski definition) is 8. The van der Waals surface area contributed by atoms with Gasteiger partial charge in [0, 0.05) is 57.8 Å². The molecule has 0 bridgehead atoms. The number of carbonyl (C=O) groups is 4. The number of para-hydroxylation sites is 1. The molecule has 0 radical (unpaired) electrons. The number of benzene rings is 4. The van der Waals surface area contributed by atoms with Crippen LogP contribution in [0.25, 0.3) is 0 Å². The molecule has 4 saturated carbocycles. The molecule has 103 heavy (non-hydrogen) atoms. The van der Waals surface area contributed by atoms with E-state index in [-0.39, 0.29) is 71.9 Å². The van der Waals surface area contributed by atoms with Crippen LogP contribution in [-0.4, -0.2) is 115 Å². The fourth-order valence-corrected chi connectivity index (χ4v) is 15.2. The predicted molar refractivity (Wildman–Crippen MR) is 425 cm³/mol. The monoisotopic (exact) mass is 1540 g/mol. The third kappa shape index (κ3) is 33.0. The van der Waals surface area contributed by atoms with Gasteiger partial charge in [-0.05, 0) is 213 Å². The smallest absolute Gasteiger partial charge is 0.271 e. The van der Waals surface area contributed by atoms with Gasteiger partial charge in [-0.15, -0.1) is 0 Å². The van der Waals surface area contributed by atoms with Gasteiger partial charge in [-0.25, -0.2) is 0 Å². The lowest BCUT2D eigenvalue weighted by molar-refractivity contribution is -0.384. The highest BCUT2D eigenvalue weighted by Crippen LogP contribution is 2.33. The van der Waals surface area contributed by atoms with Crippen molar-refractivity contribution in [3.63, 3.8) is 0 Å². The summed E-state index contributed by atoms with van der Waals surface area (Å²) in [4.78, 5) is 61.8. The van der Waals surface area contributed by atoms with Crippen LogP contribution in [0.3, 0.4) is 0 Å². The van der Waals surface area contributed by atoms with Crippen molar-refractivity contribution in [2.24, 2.45) is 46.6 Å². The predicted octanol–water partition coefficient (Wildman–Crippen LogP) is 16.0. The molecule has 0 heterocycles. The summed E-state index contributed by atoms with van der Waals surface area (Å²) in [6.45, 7) is 21.7. The van der Waals surface area contributed by atoms with Gasteiger partial charge in [0.1, 0.15) is 5.75 Å². The molecule has 0 aliphatic heterocycles. The number of nitrogens with two attached hydrogens (primary N) is 4. The van der Waals surface area contributed by atoms with Crippen LogP contribution in [-0.2, 0) is 44.5 Å². The number of nitrogens with zero attached hydrogens (tertiary/aromatic N) is 1. The zero-order valence-electron chi connectivity index (χ0n) is 64.3. The maximum absolute atomic E-state index is 12.9. The van der Waals surface area contributed by atoms with Crippen LogP contribution >= 0.6 is 22.6 Å². The van der Waals surface area contributed by atoms with E-state index in [2.05, 4.69) is 49.9 Å². The van der Waals surface area contributed by atoms with Crippen LogP contribution in [0.15, 0.2) is 84.9 Å². The first kappa shape index (κ1) is 88.0. The number of nitrogens with one attached hydrogen (secondary N) is 4. The summed E-state index contributed by atoms with van der Waals surface area (Å²) in [7, 11) is 1.66. The summed E-state index contributed by atoms with van der Waals surface area (Å²) >= 11 is 2.27. The molecule has 4 unspecified atom stereocenters. The van der Waals surface area contributed by atoms with E-state index in [9.17, 15) is 29.3 Å². The lowest BCUT2D eigenvalue weighted by Crippen LogP contribution is -2.50. The maximum atomic E-state index is 12.9. The van der Waals surface area contributed by atoms with E-state index in [1.54, 1.807) is 20.1 Å². The highest BCUT2D eigenvalue weighted by atomic mass is 127. The van der Waals surface area contributed by atoms with Crippen molar-refractivity contribution in [3.8, 4) is 5.75 Å². The van der Waals surface area contributed by atoms with Gasteiger partial charge in [-0.3, -0.25) is 29.3 Å². The number of anilines is 3. The van der Waals surface area contributed by atoms with Crippen molar-refractivity contribution in [2.75, 3.05) is 29.6 Å². The number of ether oxygens (including phenoxy) is 5. The second kappa shape index (κ2) is 47.1. The number of halogens is 1. The van der Waals surface area contributed by atoms with Crippen molar-refractivity contribution in [3.05, 3.63) is 121 Å². The highest BCUT2D eigenvalue weighted by molar-refractivity contribution is 14.1. The molecular formula is C82H130IN9O11. The van der Waals surface area contributed by atoms with Gasteiger partial charge in [0.15, 0.2) is 24.4 Å². The van der Waals surface area contributed by atoms with Gasteiger partial charge in [0.05, 0.1) is 42.1 Å². The van der Waals surface area contributed by atoms with Crippen molar-refractivity contribution in [2.45, 2.75) is 310 Å². The minimum absolute atomic E-state index is 0.0310. The van der Waals surface area contributed by atoms with E-state index in [0.717, 1.165) is 87.9 Å². The Morgan fingerprint density at radius 3 is 1.19 bits per heavy atom. The maximum Gasteiger partial charge on any atom is 0.271 e. The lowest BCUT2D eigenvalue weighted by Gasteiger charge is -2.30. The summed E-state index contributed by atoms with van der Waals surface area (Å²) in [6.07, 6.45) is 26.2. The molecule has 4 aromatic carbocycles. The molecule has 4 amide bonds. The largest absolute Gasteiger partial charge is 0.497 e. The first-order valence-electron chi connectivity index (χ1n) is 38.6. The topological polar surface area (TPSA) is 310 Å². The molecule has 576 valence electrons. The number of nitro benzene ring substituents is 1. The Hall–Kier alpha value is -5.63. The third-order valence-electron chi connectivity index (χ3n) is 20.0. The second-order valence-electron chi connectivity index (χ2n) is 30.4. The molecule has 8 rings (SSSR count). The minimum atomic E-state index is -0.786. The Balaban J connectivity index is 0.000000247. The molecule has 4 fully saturated rings. The summed E-state index contributed by atoms with van der Waals surface area (Å²) in [5.41, 5.74) is 31.6. The zero-order valence-corrected chi connectivity index (χ0v) is 66.5. The normalized spacial score (nSPS) is 17.9. The fraction of sp³-hybridized carbons (Fsp3) is 0.659. The van der Waals surface area contributed by atoms with Crippen LogP contribution < -0.4 is 48.9 Å². The van der Waals surface area contributed by atoms with Crippen LogP contribution in [0.5, 0.6) is 5.75 Å². The number of rotatable bonds is 32. The zero-order chi connectivity index (χ0) is 75.5. The van der Waals surface area contributed by atoms with Crippen LogP contribution in [0.4, 0.5) is 22.7 Å². The number of amides is 4. The molecule has 0 saturated heterocycles. The van der Waals surface area contributed by atoms with Crippen LogP contribution in [0.1, 0.15) is 232 Å². The number of nitro groups is 1. The fourth-order valence-electron chi connectivity index (χ4n) is 14.5. The van der Waals surface area contributed by atoms with Gasteiger partial charge in [0.25, 0.3) is 29.3 Å². The number of non-ortho nitro benzene ring substituents is 1. The van der Waals surface area contributed by atoms with E-state index in [0.29, 0.717) is 35.9 Å². The van der Waals surface area contributed by atoms with Crippen molar-refractivity contribution in [1.29, 1.82) is 0 Å². The molecule has 0 aromatic heterocycles. The van der Waals surface area contributed by atoms with E-state index < -0.39 is 35.4 Å². The Morgan fingerprint density at radius 1 is 0.456 bits per heavy atom. The second-order valence-corrected chi connectivity index (χ2v) is 31.7. The number of carbonyl (C=O) groups excluding carboxylic acids is 4. The first-order valence-corrected chi connectivity index (χ1v) is 39.7. The molecule has 21 heteroatoms. The molecule has 12 N–H and O–H groups in total. The number of aryl methyl sites for hydroxylation is 3. The molecule has 4 aromatic rings. The summed E-state index contributed by atoms with van der Waals surface area (Å²) in [5.74, 6) is 2.49. The third-order valence-corrected chi connectivity index (χ3v) is 20.6. The van der Waals surface area contributed by atoms with E-state index in [1.165, 1.54) is 128 Å². The first-order chi connectivity index (χ1) is 49.1. The van der Waals surface area contributed by atoms with Crippen molar-refractivity contribution >= 4 is 69.0 Å². The molecule has 4 aliphatic rings. The van der Waals surface area contributed by atoms with Gasteiger partial charge in [-0.2, -0.15) is 0 Å². The minimum Gasteiger partial charge on any atom is -0.497 e. The van der Waals surface area contributed by atoms with Gasteiger partial charge in [-0.1, -0.05) is 165 Å². The molecular weight excluding hydrogens is 1410 g/mol. The van der Waals surface area contributed by atoms with Crippen molar-refractivity contribution in [1.82, 2.24) is 5.32 Å². The summed E-state index contributed by atoms with van der Waals surface area (Å²) in [5, 5.41) is 22.8. The van der Waals surface area contributed by atoms with Crippen molar-refractivity contribution < 1.29 is 47.8 Å². The molecule has 4 aliphatic carbocycles. The SMILES string of the molecule is COc1cccc(CCNC(=O)C(OC(C)C)[C@H](N)CC2CCCCC2)c1.Cc1cc(I)ccc1NC(=O)C(OC(C)C)[C@H](N)CC1CCCCC1.Cc1ccc([N+](=O)[O-])cc1NC(=O)C(OC(C)C)[C@H](N)CC1CCCCC1.Cc1ccccc1NC(=O)C(OC(C)C)[C@H](N)CC1CCCCC1. The van der Waals surface area contributed by atoms with E-state index >= 15 is 0 Å². The summed E-state index contributed by atoms with van der Waals surface area (Å²) < 4.78 is 29.9. The van der Waals surface area contributed by atoms with Crippen LogP contribution in [0, 0.1) is 58.1 Å². The molecule has 8 atom stereocenters. The van der Waals surface area contributed by atoms with Gasteiger partial charge < -0.3 is 67.9 Å². The van der Waals surface area contributed by atoms with Gasteiger partial charge >= 0.3 is 0 Å². The Morgan fingerprint density at radius 2 is 0.825 bits per heavy atom. The average molecular weight is 1540 g/mol.